The molecule has 1 heterocycles. The average Bonchev–Trinajstić information content (AvgIpc) is 2.88. The molecular formula is C16H26ClN3O3S. The lowest BCUT2D eigenvalue weighted by Crippen LogP contribution is -2.41. The summed E-state index contributed by atoms with van der Waals surface area (Å²) in [6.45, 7) is 5.00. The van der Waals surface area contributed by atoms with Crippen LogP contribution in [0.4, 0.5) is 5.69 Å². The molecule has 1 atom stereocenters. The first-order valence-corrected chi connectivity index (χ1v) is 9.68. The number of benzene rings is 1. The Morgan fingerprint density at radius 2 is 2.04 bits per heavy atom. The summed E-state index contributed by atoms with van der Waals surface area (Å²) in [6.07, 6.45) is 2.64. The molecular weight excluding hydrogens is 350 g/mol. The van der Waals surface area contributed by atoms with Crippen LogP contribution in [0.15, 0.2) is 18.2 Å². The summed E-state index contributed by atoms with van der Waals surface area (Å²) in [5.74, 6) is 0.286. The van der Waals surface area contributed by atoms with E-state index < -0.39 is 10.0 Å². The number of nitrogens with one attached hydrogen (secondary N) is 1. The van der Waals surface area contributed by atoms with Crippen molar-refractivity contribution in [2.75, 3.05) is 23.7 Å². The second kappa shape index (κ2) is 8.18. The van der Waals surface area contributed by atoms with E-state index >= 15 is 0 Å². The topological polar surface area (TPSA) is 92.5 Å². The first kappa shape index (κ1) is 20.7. The number of sulfonamides is 1. The molecule has 3 N–H and O–H groups in total. The molecule has 1 unspecified atom stereocenters. The van der Waals surface area contributed by atoms with Gasteiger partial charge >= 0.3 is 0 Å². The van der Waals surface area contributed by atoms with Crippen LogP contribution >= 0.6 is 12.4 Å². The first-order valence-electron chi connectivity index (χ1n) is 7.84. The minimum Gasteiger partial charge on any atom is -0.348 e. The number of carbonyl (C=O) groups is 1. The standard InChI is InChI=1S/C16H25N3O3S.ClH/c1-11(2)8-14(10-17)18-16(20)13-4-5-15-12(9-13)6-7-19(15)23(3,21)22;/h4-5,9,11,14H,6-8,10,17H2,1-3H3,(H,18,20);1H. The van der Waals surface area contributed by atoms with Crippen LogP contribution in [0.3, 0.4) is 0 Å². The van der Waals surface area contributed by atoms with Crippen LogP contribution in [0.25, 0.3) is 0 Å². The van der Waals surface area contributed by atoms with E-state index in [1.165, 1.54) is 10.6 Å². The molecule has 1 aromatic rings. The highest BCUT2D eigenvalue weighted by molar-refractivity contribution is 7.92. The number of anilines is 1. The molecule has 0 aromatic heterocycles. The molecule has 0 saturated heterocycles. The Morgan fingerprint density at radius 1 is 1.38 bits per heavy atom. The normalized spacial score (nSPS) is 15.0. The van der Waals surface area contributed by atoms with Gasteiger partial charge in [0, 0.05) is 24.7 Å². The van der Waals surface area contributed by atoms with Gasteiger partial charge in [0.2, 0.25) is 10.0 Å². The van der Waals surface area contributed by atoms with E-state index in [0.29, 0.717) is 36.7 Å². The maximum absolute atomic E-state index is 12.4. The molecule has 8 heteroatoms. The lowest BCUT2D eigenvalue weighted by molar-refractivity contribution is 0.0933. The van der Waals surface area contributed by atoms with Crippen molar-refractivity contribution in [2.45, 2.75) is 32.7 Å². The molecule has 0 radical (unpaired) electrons. The number of amides is 1. The Hall–Kier alpha value is -1.31. The van der Waals surface area contributed by atoms with Crippen molar-refractivity contribution in [2.24, 2.45) is 11.7 Å². The van der Waals surface area contributed by atoms with Gasteiger partial charge in [-0.2, -0.15) is 0 Å². The third kappa shape index (κ3) is 4.84. The molecule has 0 fully saturated rings. The lowest BCUT2D eigenvalue weighted by Gasteiger charge is -2.19. The minimum atomic E-state index is -3.27. The first-order chi connectivity index (χ1) is 10.7. The molecule has 2 rings (SSSR count). The van der Waals surface area contributed by atoms with Crippen molar-refractivity contribution in [3.05, 3.63) is 29.3 Å². The zero-order chi connectivity index (χ0) is 17.2. The van der Waals surface area contributed by atoms with Crippen molar-refractivity contribution in [1.82, 2.24) is 5.32 Å². The van der Waals surface area contributed by atoms with Crippen molar-refractivity contribution in [1.29, 1.82) is 0 Å². The summed E-state index contributed by atoms with van der Waals surface area (Å²) in [5, 5.41) is 2.95. The largest absolute Gasteiger partial charge is 0.348 e. The third-order valence-electron chi connectivity index (χ3n) is 3.97. The van der Waals surface area contributed by atoms with Gasteiger partial charge in [0.15, 0.2) is 0 Å². The van der Waals surface area contributed by atoms with Crippen LogP contribution < -0.4 is 15.4 Å². The molecule has 1 amide bonds. The second-order valence-electron chi connectivity index (χ2n) is 6.46. The highest BCUT2D eigenvalue weighted by Gasteiger charge is 2.27. The number of fused-ring (bicyclic) bond motifs is 1. The van der Waals surface area contributed by atoms with Crippen molar-refractivity contribution < 1.29 is 13.2 Å². The maximum atomic E-state index is 12.4. The molecule has 0 spiro atoms. The molecule has 136 valence electrons. The predicted molar refractivity (Wildman–Crippen MR) is 99.3 cm³/mol. The van der Waals surface area contributed by atoms with Crippen LogP contribution in [0.1, 0.15) is 36.2 Å². The summed E-state index contributed by atoms with van der Waals surface area (Å²) >= 11 is 0. The number of hydrogen-bond donors (Lipinski definition) is 2. The Morgan fingerprint density at radius 3 is 2.58 bits per heavy atom. The monoisotopic (exact) mass is 375 g/mol. The van der Waals surface area contributed by atoms with Gasteiger partial charge in [0.05, 0.1) is 11.9 Å². The number of nitrogens with zero attached hydrogens (tertiary/aromatic N) is 1. The van der Waals surface area contributed by atoms with Gasteiger partial charge in [-0.05, 0) is 42.5 Å². The fourth-order valence-electron chi connectivity index (χ4n) is 2.91. The van der Waals surface area contributed by atoms with Crippen molar-refractivity contribution in [3.8, 4) is 0 Å². The molecule has 24 heavy (non-hydrogen) atoms. The fourth-order valence-corrected chi connectivity index (χ4v) is 3.87. The van der Waals surface area contributed by atoms with Gasteiger partial charge in [0.25, 0.3) is 5.91 Å². The van der Waals surface area contributed by atoms with E-state index in [1.54, 1.807) is 18.2 Å². The fraction of sp³-hybridized carbons (Fsp3) is 0.562. The molecule has 0 bridgehead atoms. The predicted octanol–water partition coefficient (Wildman–Crippen LogP) is 1.53. The smallest absolute Gasteiger partial charge is 0.251 e. The number of halogens is 1. The van der Waals surface area contributed by atoms with E-state index in [4.69, 9.17) is 5.73 Å². The summed E-state index contributed by atoms with van der Waals surface area (Å²) in [5.41, 5.74) is 7.81. The third-order valence-corrected chi connectivity index (χ3v) is 5.15. The molecule has 0 aliphatic carbocycles. The summed E-state index contributed by atoms with van der Waals surface area (Å²) < 4.78 is 24.9. The van der Waals surface area contributed by atoms with Gasteiger partial charge < -0.3 is 11.1 Å². The average molecular weight is 376 g/mol. The van der Waals surface area contributed by atoms with Crippen LogP contribution in [0.5, 0.6) is 0 Å². The van der Waals surface area contributed by atoms with Crippen molar-refractivity contribution >= 4 is 34.0 Å². The van der Waals surface area contributed by atoms with Crippen LogP contribution in [0.2, 0.25) is 0 Å². The zero-order valence-electron chi connectivity index (χ0n) is 14.3. The number of nitrogens with two attached hydrogens (primary N) is 1. The van der Waals surface area contributed by atoms with Crippen LogP contribution in [-0.4, -0.2) is 39.7 Å². The van der Waals surface area contributed by atoms with Crippen LogP contribution in [0, 0.1) is 5.92 Å². The molecule has 6 nitrogen and oxygen atoms in total. The van der Waals surface area contributed by atoms with E-state index in [1.807, 2.05) is 0 Å². The highest BCUT2D eigenvalue weighted by Crippen LogP contribution is 2.30. The maximum Gasteiger partial charge on any atom is 0.251 e. The van der Waals surface area contributed by atoms with Crippen LogP contribution in [-0.2, 0) is 16.4 Å². The Kier molecular flexibility index (Phi) is 7.07. The second-order valence-corrected chi connectivity index (χ2v) is 8.37. The highest BCUT2D eigenvalue weighted by atomic mass is 35.5. The Balaban J connectivity index is 0.00000288. The summed E-state index contributed by atoms with van der Waals surface area (Å²) in [4.78, 5) is 12.4. The quantitative estimate of drug-likeness (QED) is 0.788. The van der Waals surface area contributed by atoms with E-state index in [9.17, 15) is 13.2 Å². The molecule has 0 saturated carbocycles. The van der Waals surface area contributed by atoms with Gasteiger partial charge in [-0.15, -0.1) is 12.4 Å². The summed E-state index contributed by atoms with van der Waals surface area (Å²) in [6, 6.07) is 5.10. The number of hydrogen-bond acceptors (Lipinski definition) is 4. The molecule has 1 aromatic carbocycles. The molecule has 1 aliphatic heterocycles. The van der Waals surface area contributed by atoms with E-state index in [0.717, 1.165) is 12.0 Å². The Labute approximate surface area is 150 Å². The SMILES string of the molecule is CC(C)CC(CN)NC(=O)c1ccc2c(c1)CCN2S(C)(=O)=O.Cl. The number of carbonyl (C=O) groups excluding carboxylic acids is 1. The molecule has 1 aliphatic rings. The van der Waals surface area contributed by atoms with Gasteiger partial charge in [-0.1, -0.05) is 13.8 Å². The van der Waals surface area contributed by atoms with Gasteiger partial charge in [-0.3, -0.25) is 9.10 Å². The van der Waals surface area contributed by atoms with Crippen molar-refractivity contribution in [3.63, 3.8) is 0 Å². The van der Waals surface area contributed by atoms with E-state index in [-0.39, 0.29) is 24.4 Å². The number of rotatable bonds is 6. The zero-order valence-corrected chi connectivity index (χ0v) is 15.9. The van der Waals surface area contributed by atoms with E-state index in [2.05, 4.69) is 19.2 Å². The lowest BCUT2D eigenvalue weighted by atomic mass is 10.0. The van der Waals surface area contributed by atoms with Gasteiger partial charge in [-0.25, -0.2) is 8.42 Å². The van der Waals surface area contributed by atoms with Gasteiger partial charge in [0.1, 0.15) is 0 Å². The minimum absolute atomic E-state index is 0. The Bertz CT molecular complexity index is 692. The summed E-state index contributed by atoms with van der Waals surface area (Å²) in [7, 11) is -3.27.